The highest BCUT2D eigenvalue weighted by Crippen LogP contribution is 2.56. The van der Waals surface area contributed by atoms with Gasteiger partial charge in [-0.1, -0.05) is 188 Å². The molecule has 0 saturated heterocycles. The van der Waals surface area contributed by atoms with Crippen molar-refractivity contribution in [2.75, 3.05) is 4.90 Å². The van der Waals surface area contributed by atoms with Crippen LogP contribution in [-0.2, 0) is 5.41 Å². The Morgan fingerprint density at radius 3 is 1.59 bits per heavy atom. The highest BCUT2D eigenvalue weighted by Gasteiger charge is 2.45. The highest BCUT2D eigenvalue weighted by molar-refractivity contribution is 7.26. The van der Waals surface area contributed by atoms with Crippen LogP contribution in [-0.4, -0.2) is 0 Å². The van der Waals surface area contributed by atoms with E-state index in [1.807, 2.05) is 11.3 Å². The van der Waals surface area contributed by atoms with E-state index in [9.17, 15) is 0 Å². The molecule has 11 aromatic rings. The molecule has 0 saturated carbocycles. The summed E-state index contributed by atoms with van der Waals surface area (Å²) in [4.78, 5) is 2.41. The van der Waals surface area contributed by atoms with Gasteiger partial charge in [0.15, 0.2) is 0 Å². The van der Waals surface area contributed by atoms with Gasteiger partial charge < -0.3 is 4.90 Å². The Bertz CT molecular complexity index is 3350. The average molecular weight is 794 g/mol. The van der Waals surface area contributed by atoms with Crippen molar-refractivity contribution >= 4 is 59.3 Å². The van der Waals surface area contributed by atoms with Crippen LogP contribution in [0.25, 0.3) is 64.3 Å². The van der Waals surface area contributed by atoms with E-state index >= 15 is 0 Å². The van der Waals surface area contributed by atoms with E-state index in [0.29, 0.717) is 0 Å². The van der Waals surface area contributed by atoms with Gasteiger partial charge in [0.25, 0.3) is 0 Å². The van der Waals surface area contributed by atoms with Crippen LogP contribution in [0.2, 0.25) is 0 Å². The summed E-state index contributed by atoms with van der Waals surface area (Å²) in [6.07, 6.45) is 0. The van der Waals surface area contributed by atoms with Gasteiger partial charge in [-0.3, -0.25) is 0 Å². The molecule has 0 radical (unpaired) electrons. The minimum atomic E-state index is -0.452. The van der Waals surface area contributed by atoms with E-state index < -0.39 is 5.41 Å². The summed E-state index contributed by atoms with van der Waals surface area (Å²) in [6, 6.07) is 87.2. The molecule has 0 spiro atoms. The van der Waals surface area contributed by atoms with Gasteiger partial charge >= 0.3 is 0 Å². The van der Waals surface area contributed by atoms with Crippen LogP contribution < -0.4 is 4.90 Å². The number of hydrogen-bond acceptors (Lipinski definition) is 2. The Morgan fingerprint density at radius 1 is 0.328 bits per heavy atom. The Balaban J connectivity index is 1.00. The quantitative estimate of drug-likeness (QED) is 0.155. The third-order valence-electron chi connectivity index (χ3n) is 12.7. The Morgan fingerprint density at radius 2 is 0.852 bits per heavy atom. The molecule has 286 valence electrons. The first-order valence-corrected chi connectivity index (χ1v) is 21.8. The van der Waals surface area contributed by atoms with Crippen molar-refractivity contribution in [1.82, 2.24) is 0 Å². The molecule has 1 aliphatic rings. The molecule has 10 aromatic carbocycles. The minimum absolute atomic E-state index is 0.452. The first-order valence-electron chi connectivity index (χ1n) is 21.0. The van der Waals surface area contributed by atoms with E-state index in [0.717, 1.165) is 17.1 Å². The van der Waals surface area contributed by atoms with Crippen molar-refractivity contribution in [3.05, 3.63) is 259 Å². The number of benzene rings is 10. The molecule has 1 aromatic heterocycles. The molecule has 1 aliphatic carbocycles. The fraction of sp³-hybridized carbons (Fsp3) is 0.0169. The number of thiophene rings is 1. The van der Waals surface area contributed by atoms with Crippen LogP contribution in [0.3, 0.4) is 0 Å². The van der Waals surface area contributed by atoms with E-state index in [-0.39, 0.29) is 0 Å². The minimum Gasteiger partial charge on any atom is -0.310 e. The molecule has 61 heavy (non-hydrogen) atoms. The van der Waals surface area contributed by atoms with Crippen LogP contribution in [0.1, 0.15) is 22.3 Å². The number of rotatable bonds is 7. The van der Waals surface area contributed by atoms with Crippen LogP contribution >= 0.6 is 11.3 Å². The van der Waals surface area contributed by atoms with Crippen LogP contribution in [0, 0.1) is 0 Å². The average Bonchev–Trinajstić information content (AvgIpc) is 3.87. The topological polar surface area (TPSA) is 3.24 Å². The van der Waals surface area contributed by atoms with Crippen LogP contribution in [0.4, 0.5) is 17.1 Å². The number of nitrogens with zero attached hydrogens (tertiary/aromatic N) is 1. The van der Waals surface area contributed by atoms with Gasteiger partial charge in [0.05, 0.1) is 5.41 Å². The lowest BCUT2D eigenvalue weighted by molar-refractivity contribution is 0.768. The highest BCUT2D eigenvalue weighted by atomic mass is 32.1. The molecular weight excluding hydrogens is 755 g/mol. The molecule has 0 bridgehead atoms. The van der Waals surface area contributed by atoms with Crippen molar-refractivity contribution in [2.24, 2.45) is 0 Å². The molecule has 0 atom stereocenters. The second-order valence-corrected chi connectivity index (χ2v) is 17.1. The van der Waals surface area contributed by atoms with Crippen molar-refractivity contribution < 1.29 is 0 Å². The van der Waals surface area contributed by atoms with Crippen LogP contribution in [0.5, 0.6) is 0 Å². The van der Waals surface area contributed by atoms with E-state index in [1.54, 1.807) is 0 Å². The first kappa shape index (κ1) is 35.4. The predicted octanol–water partition coefficient (Wildman–Crippen LogP) is 16.4. The Labute approximate surface area is 360 Å². The van der Waals surface area contributed by atoms with Crippen molar-refractivity contribution in [3.63, 3.8) is 0 Å². The molecule has 12 rings (SSSR count). The molecule has 0 fully saturated rings. The lowest BCUT2D eigenvalue weighted by Crippen LogP contribution is -2.28. The maximum Gasteiger partial charge on any atom is 0.0713 e. The molecule has 1 heterocycles. The number of hydrogen-bond donors (Lipinski definition) is 0. The standard InChI is InChI=1S/C59H39NS/c1-3-14-40(15-4-1)42-26-27-44-39-49(35-30-43(44)38-42)60(47-33-28-41(29-34-47)50-21-13-22-54-53-20-9-12-25-57(53)61-58(50)54)48-36-31-46(32-37-48)59(45-16-5-2-6-17-45)55-23-10-7-18-51(55)52-19-8-11-24-56(52)59/h1-39H. The zero-order chi connectivity index (χ0) is 40.3. The predicted molar refractivity (Wildman–Crippen MR) is 260 cm³/mol. The lowest BCUT2D eigenvalue weighted by atomic mass is 9.68. The number of anilines is 3. The first-order chi connectivity index (χ1) is 30.2. The number of fused-ring (bicyclic) bond motifs is 7. The van der Waals surface area contributed by atoms with Gasteiger partial charge in [-0.25, -0.2) is 0 Å². The Kier molecular flexibility index (Phi) is 8.33. The molecule has 1 nitrogen and oxygen atoms in total. The monoisotopic (exact) mass is 793 g/mol. The van der Waals surface area contributed by atoms with Crippen molar-refractivity contribution in [3.8, 4) is 33.4 Å². The molecule has 0 N–H and O–H groups in total. The van der Waals surface area contributed by atoms with Gasteiger partial charge in [0.1, 0.15) is 0 Å². The molecule has 0 unspecified atom stereocenters. The summed E-state index contributed by atoms with van der Waals surface area (Å²) in [5, 5.41) is 5.06. The normalized spacial score (nSPS) is 12.7. The van der Waals surface area contributed by atoms with Gasteiger partial charge in [-0.15, -0.1) is 11.3 Å². The van der Waals surface area contributed by atoms with Gasteiger partial charge in [0.2, 0.25) is 0 Å². The zero-order valence-electron chi connectivity index (χ0n) is 33.4. The second-order valence-electron chi connectivity index (χ2n) is 16.0. The fourth-order valence-electron chi connectivity index (χ4n) is 9.97. The zero-order valence-corrected chi connectivity index (χ0v) is 34.2. The largest absolute Gasteiger partial charge is 0.310 e. The third kappa shape index (κ3) is 5.68. The Hall–Kier alpha value is -7.52. The third-order valence-corrected chi connectivity index (χ3v) is 14.0. The smallest absolute Gasteiger partial charge is 0.0713 e. The van der Waals surface area contributed by atoms with Crippen molar-refractivity contribution in [2.45, 2.75) is 5.41 Å². The summed E-state index contributed by atoms with van der Waals surface area (Å²) in [5.41, 5.74) is 15.6. The molecule has 0 aliphatic heterocycles. The molecule has 2 heteroatoms. The maximum absolute atomic E-state index is 2.41. The fourth-order valence-corrected chi connectivity index (χ4v) is 11.2. The summed E-state index contributed by atoms with van der Waals surface area (Å²) < 4.78 is 2.65. The summed E-state index contributed by atoms with van der Waals surface area (Å²) >= 11 is 1.88. The van der Waals surface area contributed by atoms with E-state index in [4.69, 9.17) is 0 Å². The van der Waals surface area contributed by atoms with E-state index in [1.165, 1.54) is 86.6 Å². The SMILES string of the molecule is c1ccc(-c2ccc3cc(N(c4ccc(-c5cccc6c5sc5ccccc56)cc4)c4ccc(C5(c6ccccc6)c6ccccc6-c6ccccc65)cc4)ccc3c2)cc1. The molecular formula is C59H39NS. The summed E-state index contributed by atoms with van der Waals surface area (Å²) in [7, 11) is 0. The van der Waals surface area contributed by atoms with E-state index in [2.05, 4.69) is 241 Å². The van der Waals surface area contributed by atoms with Gasteiger partial charge in [0, 0.05) is 37.2 Å². The lowest BCUT2D eigenvalue weighted by Gasteiger charge is -2.34. The summed E-state index contributed by atoms with van der Waals surface area (Å²) in [6.45, 7) is 0. The molecule has 0 amide bonds. The maximum atomic E-state index is 2.41. The summed E-state index contributed by atoms with van der Waals surface area (Å²) in [5.74, 6) is 0. The van der Waals surface area contributed by atoms with Gasteiger partial charge in [-0.2, -0.15) is 0 Å². The van der Waals surface area contributed by atoms with Gasteiger partial charge in [-0.05, 0) is 115 Å². The van der Waals surface area contributed by atoms with Crippen molar-refractivity contribution in [1.29, 1.82) is 0 Å². The second kappa shape index (κ2) is 14.3. The van der Waals surface area contributed by atoms with Crippen LogP contribution in [0.15, 0.2) is 237 Å².